The first-order valence-electron chi connectivity index (χ1n) is 9.42. The van der Waals surface area contributed by atoms with Crippen molar-refractivity contribution in [3.63, 3.8) is 0 Å². The molecule has 0 radical (unpaired) electrons. The molecule has 1 fully saturated rings. The molecule has 0 amide bonds. The third-order valence-corrected chi connectivity index (χ3v) is 5.42. The number of aromatic nitrogens is 5. The van der Waals surface area contributed by atoms with Gasteiger partial charge in [0.2, 0.25) is 5.88 Å². The van der Waals surface area contributed by atoms with E-state index in [-0.39, 0.29) is 41.0 Å². The highest BCUT2D eigenvalue weighted by Crippen LogP contribution is 2.45. The second-order valence-electron chi connectivity index (χ2n) is 8.02. The van der Waals surface area contributed by atoms with Crippen LogP contribution in [0.4, 0.5) is 27.8 Å². The fourth-order valence-corrected chi connectivity index (χ4v) is 3.57. The molecule has 0 atom stereocenters. The van der Waals surface area contributed by atoms with E-state index in [1.165, 1.54) is 45.2 Å². The summed E-state index contributed by atoms with van der Waals surface area (Å²) in [5, 5.41) is 4.06. The van der Waals surface area contributed by atoms with Crippen molar-refractivity contribution >= 4 is 11.3 Å². The van der Waals surface area contributed by atoms with Gasteiger partial charge in [0.1, 0.15) is 11.2 Å². The van der Waals surface area contributed by atoms with Gasteiger partial charge >= 0.3 is 12.2 Å². The molecule has 1 aliphatic rings. The average Bonchev–Trinajstić information content (AvgIpc) is 3.23. The number of hydrogen-bond donors (Lipinski definition) is 0. The number of rotatable bonds is 4. The second kappa shape index (κ2) is 7.14. The van der Waals surface area contributed by atoms with Crippen molar-refractivity contribution in [2.24, 2.45) is 5.41 Å². The molecular weight excluding hydrogens is 439 g/mol. The van der Waals surface area contributed by atoms with Gasteiger partial charge in [0.15, 0.2) is 11.5 Å². The van der Waals surface area contributed by atoms with Crippen molar-refractivity contribution in [3.8, 4) is 23.1 Å². The van der Waals surface area contributed by atoms with Crippen LogP contribution in [-0.2, 0) is 6.18 Å². The third kappa shape index (κ3) is 3.45. The van der Waals surface area contributed by atoms with Gasteiger partial charge in [-0.2, -0.15) is 23.3 Å². The molecular formula is C19H19F5N6O2. The molecule has 3 aromatic heterocycles. The Balaban J connectivity index is 1.92. The molecule has 32 heavy (non-hydrogen) atoms. The molecule has 3 aromatic rings. The van der Waals surface area contributed by atoms with Gasteiger partial charge < -0.3 is 14.4 Å². The van der Waals surface area contributed by atoms with Crippen LogP contribution >= 0.6 is 0 Å². The quantitative estimate of drug-likeness (QED) is 0.552. The summed E-state index contributed by atoms with van der Waals surface area (Å²) in [4.78, 5) is 13.1. The monoisotopic (exact) mass is 458 g/mol. The van der Waals surface area contributed by atoms with Gasteiger partial charge in [-0.15, -0.1) is 0 Å². The van der Waals surface area contributed by atoms with Crippen LogP contribution in [0.5, 0.6) is 11.9 Å². The lowest BCUT2D eigenvalue weighted by molar-refractivity contribution is -0.142. The van der Waals surface area contributed by atoms with Crippen LogP contribution in [0.2, 0.25) is 0 Å². The Morgan fingerprint density at radius 1 is 1.03 bits per heavy atom. The summed E-state index contributed by atoms with van der Waals surface area (Å²) in [6.45, 7) is 2.03. The fraction of sp³-hybridized carbons (Fsp3) is 0.474. The van der Waals surface area contributed by atoms with E-state index in [0.717, 1.165) is 0 Å². The van der Waals surface area contributed by atoms with Crippen LogP contribution in [-0.4, -0.2) is 57.8 Å². The zero-order valence-electron chi connectivity index (χ0n) is 17.5. The third-order valence-electron chi connectivity index (χ3n) is 5.42. The summed E-state index contributed by atoms with van der Waals surface area (Å²) >= 11 is 0. The number of halogens is 5. The maximum atomic E-state index is 14.5. The van der Waals surface area contributed by atoms with Crippen molar-refractivity contribution < 1.29 is 31.4 Å². The Bertz CT molecular complexity index is 1160. The molecule has 1 saturated heterocycles. The molecule has 0 spiro atoms. The SMILES string of the molecule is COc1ncc(-c2cc3c(N4CC(C)(C)C(F)(F)C4)ncc(C(F)(F)F)n3n2)c(OC)n1. The fourth-order valence-electron chi connectivity index (χ4n) is 3.57. The van der Waals surface area contributed by atoms with E-state index >= 15 is 0 Å². The Kier molecular flexibility index (Phi) is 4.90. The van der Waals surface area contributed by atoms with Crippen LogP contribution in [0.15, 0.2) is 18.5 Å². The molecule has 4 heterocycles. The molecule has 172 valence electrons. The van der Waals surface area contributed by atoms with E-state index < -0.39 is 29.8 Å². The standard InChI is InChI=1S/C19H19F5N6O2/c1-17(2)8-29(9-18(17,20)21)14-12-5-11(10-6-26-16(32-4)27-15(10)31-3)28-30(12)13(7-25-14)19(22,23)24/h5-7H,8-9H2,1-4H3. The van der Waals surface area contributed by atoms with Crippen LogP contribution in [0.25, 0.3) is 16.8 Å². The van der Waals surface area contributed by atoms with Gasteiger partial charge in [0, 0.05) is 18.2 Å². The van der Waals surface area contributed by atoms with Crippen molar-refractivity contribution in [2.45, 2.75) is 25.9 Å². The molecule has 0 saturated carbocycles. The van der Waals surface area contributed by atoms with Crippen LogP contribution in [0.1, 0.15) is 19.5 Å². The van der Waals surface area contributed by atoms with Crippen LogP contribution in [0, 0.1) is 5.41 Å². The molecule has 0 unspecified atom stereocenters. The Morgan fingerprint density at radius 3 is 2.31 bits per heavy atom. The second-order valence-corrected chi connectivity index (χ2v) is 8.02. The Labute approximate surface area is 179 Å². The summed E-state index contributed by atoms with van der Waals surface area (Å²) < 4.78 is 80.6. The van der Waals surface area contributed by atoms with Gasteiger partial charge in [-0.3, -0.25) is 0 Å². The van der Waals surface area contributed by atoms with Crippen molar-refractivity contribution in [1.82, 2.24) is 24.6 Å². The van der Waals surface area contributed by atoms with Crippen molar-refractivity contribution in [1.29, 1.82) is 0 Å². The summed E-state index contributed by atoms with van der Waals surface area (Å²) in [5.41, 5.74) is -2.37. The molecule has 1 aliphatic heterocycles. The highest BCUT2D eigenvalue weighted by Gasteiger charge is 2.55. The summed E-state index contributed by atoms with van der Waals surface area (Å²) in [6.07, 6.45) is -2.90. The largest absolute Gasteiger partial charge is 0.480 e. The van der Waals surface area contributed by atoms with Gasteiger partial charge in [0.25, 0.3) is 5.92 Å². The number of alkyl halides is 5. The van der Waals surface area contributed by atoms with Gasteiger partial charge in [-0.1, -0.05) is 13.8 Å². The smallest absolute Gasteiger partial charge is 0.434 e. The van der Waals surface area contributed by atoms with Crippen molar-refractivity contribution in [3.05, 3.63) is 24.2 Å². The Morgan fingerprint density at radius 2 is 1.75 bits per heavy atom. The molecule has 13 heteroatoms. The van der Waals surface area contributed by atoms with E-state index in [2.05, 4.69) is 20.1 Å². The molecule has 0 N–H and O–H groups in total. The minimum atomic E-state index is -4.78. The number of anilines is 1. The first-order chi connectivity index (χ1) is 14.9. The number of methoxy groups -OCH3 is 2. The summed E-state index contributed by atoms with van der Waals surface area (Å²) in [5.74, 6) is -3.06. The Hall–Kier alpha value is -3.25. The predicted octanol–water partition coefficient (Wildman–Crippen LogP) is 3.70. The zero-order valence-corrected chi connectivity index (χ0v) is 17.5. The first kappa shape index (κ1) is 22.0. The normalized spacial score (nSPS) is 17.7. The van der Waals surface area contributed by atoms with Crippen LogP contribution < -0.4 is 14.4 Å². The summed E-state index contributed by atoms with van der Waals surface area (Å²) in [7, 11) is 2.67. The van der Waals surface area contributed by atoms with E-state index in [4.69, 9.17) is 9.47 Å². The maximum Gasteiger partial charge on any atom is 0.434 e. The number of fused-ring (bicyclic) bond motifs is 1. The highest BCUT2D eigenvalue weighted by atomic mass is 19.4. The number of hydrogen-bond acceptors (Lipinski definition) is 7. The maximum absolute atomic E-state index is 14.5. The zero-order chi connectivity index (χ0) is 23.5. The van der Waals surface area contributed by atoms with E-state index in [1.807, 2.05) is 0 Å². The molecule has 4 rings (SSSR count). The highest BCUT2D eigenvalue weighted by molar-refractivity contribution is 5.77. The van der Waals surface area contributed by atoms with Gasteiger partial charge in [-0.05, 0) is 6.07 Å². The number of nitrogens with zero attached hydrogens (tertiary/aromatic N) is 6. The van der Waals surface area contributed by atoms with Crippen molar-refractivity contribution in [2.75, 3.05) is 32.2 Å². The first-order valence-corrected chi connectivity index (χ1v) is 9.42. The molecule has 0 aromatic carbocycles. The van der Waals surface area contributed by atoms with E-state index in [1.54, 1.807) is 0 Å². The number of ether oxygens (including phenoxy) is 2. The molecule has 8 nitrogen and oxygen atoms in total. The topological polar surface area (TPSA) is 77.7 Å². The lowest BCUT2D eigenvalue weighted by Crippen LogP contribution is -2.34. The molecule has 0 bridgehead atoms. The molecule has 0 aliphatic carbocycles. The minimum absolute atomic E-state index is 0.00534. The van der Waals surface area contributed by atoms with Gasteiger partial charge in [0.05, 0.1) is 32.5 Å². The lowest BCUT2D eigenvalue weighted by atomic mass is 9.89. The van der Waals surface area contributed by atoms with E-state index in [9.17, 15) is 22.0 Å². The summed E-state index contributed by atoms with van der Waals surface area (Å²) in [6, 6.07) is 1.31. The van der Waals surface area contributed by atoms with E-state index in [0.29, 0.717) is 10.7 Å². The van der Waals surface area contributed by atoms with Crippen LogP contribution in [0.3, 0.4) is 0 Å². The average molecular weight is 458 g/mol. The lowest BCUT2D eigenvalue weighted by Gasteiger charge is -2.24. The predicted molar refractivity (Wildman–Crippen MR) is 103 cm³/mol. The van der Waals surface area contributed by atoms with Gasteiger partial charge in [-0.25, -0.2) is 23.3 Å². The minimum Gasteiger partial charge on any atom is -0.480 e.